The second-order valence-corrected chi connectivity index (χ2v) is 5.07. The monoisotopic (exact) mass is 263 g/mol. The number of hydrogen-bond donors (Lipinski definition) is 1. The minimum atomic E-state index is 0.253. The zero-order valence-corrected chi connectivity index (χ0v) is 11.4. The highest BCUT2D eigenvalue weighted by atomic mass is 16.5. The van der Waals surface area contributed by atoms with E-state index in [-0.39, 0.29) is 6.10 Å². The van der Waals surface area contributed by atoms with Gasteiger partial charge < -0.3 is 19.5 Å². The summed E-state index contributed by atoms with van der Waals surface area (Å²) in [6.07, 6.45) is 2.50. The van der Waals surface area contributed by atoms with Crippen LogP contribution in [0.25, 0.3) is 0 Å². The van der Waals surface area contributed by atoms with E-state index in [1.54, 1.807) is 0 Å². The quantitative estimate of drug-likeness (QED) is 0.884. The molecule has 3 rings (SSSR count). The maximum absolute atomic E-state index is 5.78. The molecule has 2 aliphatic rings. The average molecular weight is 263 g/mol. The molecule has 2 unspecified atom stereocenters. The molecule has 4 nitrogen and oxygen atoms in total. The third-order valence-electron chi connectivity index (χ3n) is 3.68. The van der Waals surface area contributed by atoms with E-state index in [0.717, 1.165) is 37.5 Å². The third-order valence-corrected chi connectivity index (χ3v) is 3.68. The highest BCUT2D eigenvalue weighted by Crippen LogP contribution is 2.35. The number of likely N-dealkylation sites (N-methyl/N-ethyl adjacent to an activating group) is 1. The molecule has 0 amide bonds. The standard InChI is InChI=1S/C15H21NO3/c1-2-16-14-10-19-15-8-11(5-6-13(14)15)18-9-12-4-3-7-17-12/h5-6,8,12,14,16H,2-4,7,9-10H2,1H3. The van der Waals surface area contributed by atoms with Gasteiger partial charge in [-0.3, -0.25) is 0 Å². The Hall–Kier alpha value is -1.26. The minimum absolute atomic E-state index is 0.253. The highest BCUT2D eigenvalue weighted by Gasteiger charge is 2.24. The predicted octanol–water partition coefficient (Wildman–Crippen LogP) is 2.29. The molecule has 2 atom stereocenters. The smallest absolute Gasteiger partial charge is 0.127 e. The summed E-state index contributed by atoms with van der Waals surface area (Å²) in [5.41, 5.74) is 1.23. The van der Waals surface area contributed by atoms with Gasteiger partial charge in [-0.2, -0.15) is 0 Å². The van der Waals surface area contributed by atoms with E-state index >= 15 is 0 Å². The first kappa shape index (κ1) is 12.8. The number of ether oxygens (including phenoxy) is 3. The predicted molar refractivity (Wildman–Crippen MR) is 72.8 cm³/mol. The molecule has 0 aromatic heterocycles. The number of benzene rings is 1. The molecule has 1 fully saturated rings. The SMILES string of the molecule is CCNC1COc2cc(OCC3CCCO3)ccc21. The third kappa shape index (κ3) is 2.85. The topological polar surface area (TPSA) is 39.7 Å². The van der Waals surface area contributed by atoms with Gasteiger partial charge in [-0.1, -0.05) is 6.92 Å². The first-order chi connectivity index (χ1) is 9.36. The summed E-state index contributed by atoms with van der Waals surface area (Å²) in [6, 6.07) is 6.42. The molecule has 2 aliphatic heterocycles. The molecule has 104 valence electrons. The molecule has 0 bridgehead atoms. The number of fused-ring (bicyclic) bond motifs is 1. The largest absolute Gasteiger partial charge is 0.491 e. The first-order valence-electron chi connectivity index (χ1n) is 7.11. The Morgan fingerprint density at radius 2 is 2.37 bits per heavy atom. The Balaban J connectivity index is 1.62. The molecule has 0 saturated carbocycles. The summed E-state index contributed by atoms with van der Waals surface area (Å²) in [4.78, 5) is 0. The Labute approximate surface area is 114 Å². The van der Waals surface area contributed by atoms with Crippen LogP contribution in [0.2, 0.25) is 0 Å². The molecule has 0 aliphatic carbocycles. The van der Waals surface area contributed by atoms with E-state index in [4.69, 9.17) is 14.2 Å². The van der Waals surface area contributed by atoms with Crippen molar-refractivity contribution in [2.24, 2.45) is 0 Å². The summed E-state index contributed by atoms with van der Waals surface area (Å²) in [5.74, 6) is 1.81. The van der Waals surface area contributed by atoms with Crippen molar-refractivity contribution >= 4 is 0 Å². The molecule has 4 heteroatoms. The first-order valence-corrected chi connectivity index (χ1v) is 7.11. The molecule has 0 spiro atoms. The van der Waals surface area contributed by atoms with Crippen LogP contribution in [-0.2, 0) is 4.74 Å². The van der Waals surface area contributed by atoms with Crippen molar-refractivity contribution in [2.45, 2.75) is 31.9 Å². The number of rotatable bonds is 5. The van der Waals surface area contributed by atoms with Gasteiger partial charge in [0.15, 0.2) is 0 Å². The van der Waals surface area contributed by atoms with E-state index in [2.05, 4.69) is 18.3 Å². The summed E-state index contributed by atoms with van der Waals surface area (Å²) in [6.45, 7) is 5.27. The molecule has 1 N–H and O–H groups in total. The van der Waals surface area contributed by atoms with Crippen molar-refractivity contribution < 1.29 is 14.2 Å². The molecule has 2 heterocycles. The maximum Gasteiger partial charge on any atom is 0.127 e. The van der Waals surface area contributed by atoms with Crippen LogP contribution in [-0.4, -0.2) is 32.5 Å². The summed E-state index contributed by atoms with van der Waals surface area (Å²) >= 11 is 0. The summed E-state index contributed by atoms with van der Waals surface area (Å²) in [5, 5.41) is 3.41. The van der Waals surface area contributed by atoms with Crippen LogP contribution in [0.1, 0.15) is 31.4 Å². The van der Waals surface area contributed by atoms with Gasteiger partial charge in [0.1, 0.15) is 24.7 Å². The van der Waals surface area contributed by atoms with Gasteiger partial charge in [0.25, 0.3) is 0 Å². The van der Waals surface area contributed by atoms with Crippen LogP contribution >= 0.6 is 0 Å². The molecule has 1 saturated heterocycles. The van der Waals surface area contributed by atoms with Crippen molar-refractivity contribution in [3.63, 3.8) is 0 Å². The van der Waals surface area contributed by atoms with Crippen LogP contribution in [0.3, 0.4) is 0 Å². The van der Waals surface area contributed by atoms with E-state index in [1.165, 1.54) is 5.56 Å². The Kier molecular flexibility index (Phi) is 3.89. The van der Waals surface area contributed by atoms with Crippen molar-refractivity contribution in [2.75, 3.05) is 26.4 Å². The van der Waals surface area contributed by atoms with Crippen LogP contribution in [0.15, 0.2) is 18.2 Å². The molecule has 1 aromatic rings. The summed E-state index contributed by atoms with van der Waals surface area (Å²) < 4.78 is 17.0. The lowest BCUT2D eigenvalue weighted by atomic mass is 10.1. The number of nitrogens with one attached hydrogen (secondary N) is 1. The second kappa shape index (κ2) is 5.80. The molecule has 1 aromatic carbocycles. The maximum atomic E-state index is 5.78. The van der Waals surface area contributed by atoms with Crippen LogP contribution in [0, 0.1) is 0 Å². The van der Waals surface area contributed by atoms with Crippen molar-refractivity contribution in [3.05, 3.63) is 23.8 Å². The van der Waals surface area contributed by atoms with Crippen LogP contribution in [0.4, 0.5) is 0 Å². The minimum Gasteiger partial charge on any atom is -0.491 e. The van der Waals surface area contributed by atoms with Crippen LogP contribution < -0.4 is 14.8 Å². The fourth-order valence-electron chi connectivity index (χ4n) is 2.66. The van der Waals surface area contributed by atoms with E-state index in [1.807, 2.05) is 12.1 Å². The van der Waals surface area contributed by atoms with Gasteiger partial charge >= 0.3 is 0 Å². The van der Waals surface area contributed by atoms with Gasteiger partial charge in [0.2, 0.25) is 0 Å². The zero-order chi connectivity index (χ0) is 13.1. The summed E-state index contributed by atoms with van der Waals surface area (Å²) in [7, 11) is 0. The van der Waals surface area contributed by atoms with Crippen molar-refractivity contribution in [1.29, 1.82) is 0 Å². The average Bonchev–Trinajstić information content (AvgIpc) is 3.06. The van der Waals surface area contributed by atoms with Gasteiger partial charge in [-0.15, -0.1) is 0 Å². The second-order valence-electron chi connectivity index (χ2n) is 5.07. The van der Waals surface area contributed by atoms with E-state index in [9.17, 15) is 0 Å². The lowest BCUT2D eigenvalue weighted by Crippen LogP contribution is -2.21. The molecular weight excluding hydrogens is 242 g/mol. The highest BCUT2D eigenvalue weighted by molar-refractivity contribution is 5.45. The Morgan fingerprint density at radius 3 is 3.16 bits per heavy atom. The zero-order valence-electron chi connectivity index (χ0n) is 11.4. The molecule has 0 radical (unpaired) electrons. The van der Waals surface area contributed by atoms with Gasteiger partial charge in [0.05, 0.1) is 12.1 Å². The Morgan fingerprint density at radius 1 is 1.42 bits per heavy atom. The van der Waals surface area contributed by atoms with Crippen molar-refractivity contribution in [3.8, 4) is 11.5 Å². The van der Waals surface area contributed by atoms with E-state index < -0.39 is 0 Å². The van der Waals surface area contributed by atoms with Crippen LogP contribution in [0.5, 0.6) is 11.5 Å². The van der Waals surface area contributed by atoms with Crippen molar-refractivity contribution in [1.82, 2.24) is 5.32 Å². The normalized spacial score (nSPS) is 25.1. The van der Waals surface area contributed by atoms with Gasteiger partial charge in [-0.05, 0) is 31.5 Å². The van der Waals surface area contributed by atoms with E-state index in [0.29, 0.717) is 19.3 Å². The van der Waals surface area contributed by atoms with Gasteiger partial charge in [0, 0.05) is 18.2 Å². The molecule has 19 heavy (non-hydrogen) atoms. The number of hydrogen-bond acceptors (Lipinski definition) is 4. The van der Waals surface area contributed by atoms with Gasteiger partial charge in [-0.25, -0.2) is 0 Å². The molecular formula is C15H21NO3. The lowest BCUT2D eigenvalue weighted by Gasteiger charge is -2.12. The fourth-order valence-corrected chi connectivity index (χ4v) is 2.66. The lowest BCUT2D eigenvalue weighted by molar-refractivity contribution is 0.0679. The Bertz CT molecular complexity index is 429. The fraction of sp³-hybridized carbons (Fsp3) is 0.600.